The third-order valence-electron chi connectivity index (χ3n) is 2.54. The maximum atomic E-state index is 9.70. The van der Waals surface area contributed by atoms with E-state index in [0.29, 0.717) is 16.7 Å². The summed E-state index contributed by atoms with van der Waals surface area (Å²) in [4.78, 5) is 4.24. The molecule has 0 unspecified atom stereocenters. The van der Waals surface area contributed by atoms with Crippen molar-refractivity contribution in [3.05, 3.63) is 47.1 Å². The van der Waals surface area contributed by atoms with Crippen LogP contribution in [0.15, 0.2) is 51.5 Å². The second-order valence-electron chi connectivity index (χ2n) is 3.65. The molecule has 0 amide bonds. The maximum absolute atomic E-state index is 9.70. The molecule has 2 aromatic heterocycles. The molecule has 4 heteroatoms. The lowest BCUT2D eigenvalue weighted by atomic mass is 10.1. The Balaban J connectivity index is 2.31. The number of halogens is 1. The van der Waals surface area contributed by atoms with Crippen LogP contribution in [0.5, 0.6) is 5.95 Å². The van der Waals surface area contributed by atoms with Crippen molar-refractivity contribution >= 4 is 26.8 Å². The van der Waals surface area contributed by atoms with Gasteiger partial charge < -0.3 is 9.52 Å². The molecule has 17 heavy (non-hydrogen) atoms. The number of hydrogen-bond acceptors (Lipinski definition) is 3. The van der Waals surface area contributed by atoms with E-state index in [2.05, 4.69) is 20.9 Å². The van der Waals surface area contributed by atoms with Gasteiger partial charge in [0.25, 0.3) is 5.95 Å². The molecule has 3 rings (SSSR count). The minimum atomic E-state index is -0.0944. The SMILES string of the molecule is Oc1oc(-c2cccc(Br)c2)c2ncccc12. The Morgan fingerprint density at radius 2 is 2.06 bits per heavy atom. The molecule has 0 bridgehead atoms. The molecule has 0 aliphatic carbocycles. The quantitative estimate of drug-likeness (QED) is 0.737. The fraction of sp³-hybridized carbons (Fsp3) is 0. The second kappa shape index (κ2) is 3.89. The van der Waals surface area contributed by atoms with Gasteiger partial charge in [-0.25, -0.2) is 0 Å². The second-order valence-corrected chi connectivity index (χ2v) is 4.56. The molecular formula is C13H8BrNO2. The zero-order valence-corrected chi connectivity index (χ0v) is 10.3. The highest BCUT2D eigenvalue weighted by Gasteiger charge is 2.14. The molecule has 0 atom stereocenters. The highest BCUT2D eigenvalue weighted by molar-refractivity contribution is 9.10. The Labute approximate surface area is 106 Å². The number of benzene rings is 1. The van der Waals surface area contributed by atoms with E-state index in [0.717, 1.165) is 10.0 Å². The Morgan fingerprint density at radius 3 is 2.88 bits per heavy atom. The average Bonchev–Trinajstić information content (AvgIpc) is 2.68. The molecule has 0 fully saturated rings. The van der Waals surface area contributed by atoms with Gasteiger partial charge in [-0.15, -0.1) is 0 Å². The fourth-order valence-electron chi connectivity index (χ4n) is 1.78. The Morgan fingerprint density at radius 1 is 1.18 bits per heavy atom. The highest BCUT2D eigenvalue weighted by atomic mass is 79.9. The summed E-state index contributed by atoms with van der Waals surface area (Å²) in [5.74, 6) is 0.488. The standard InChI is InChI=1S/C13H8BrNO2/c14-9-4-1-3-8(7-9)12-11-10(13(16)17-12)5-2-6-15-11/h1-7,16H. The molecule has 0 aliphatic rings. The zero-order chi connectivity index (χ0) is 11.8. The van der Waals surface area contributed by atoms with Crippen LogP contribution in [0.1, 0.15) is 0 Å². The number of aromatic nitrogens is 1. The average molecular weight is 290 g/mol. The Kier molecular flexibility index (Phi) is 2.37. The van der Waals surface area contributed by atoms with E-state index in [1.165, 1.54) is 0 Å². The van der Waals surface area contributed by atoms with Crippen molar-refractivity contribution in [2.45, 2.75) is 0 Å². The zero-order valence-electron chi connectivity index (χ0n) is 8.72. The molecule has 1 aromatic carbocycles. The molecule has 2 heterocycles. The molecule has 0 radical (unpaired) electrons. The van der Waals surface area contributed by atoms with E-state index in [1.54, 1.807) is 18.3 Å². The summed E-state index contributed by atoms with van der Waals surface area (Å²) in [6.07, 6.45) is 1.68. The van der Waals surface area contributed by atoms with Gasteiger partial charge in [-0.1, -0.05) is 28.1 Å². The van der Waals surface area contributed by atoms with Crippen molar-refractivity contribution in [1.29, 1.82) is 0 Å². The van der Waals surface area contributed by atoms with Gasteiger partial charge in [0.15, 0.2) is 5.76 Å². The van der Waals surface area contributed by atoms with Gasteiger partial charge in [0.05, 0.1) is 5.39 Å². The predicted octanol–water partition coefficient (Wildman–Crippen LogP) is 3.96. The van der Waals surface area contributed by atoms with E-state index in [9.17, 15) is 5.11 Å². The molecule has 0 spiro atoms. The summed E-state index contributed by atoms with van der Waals surface area (Å²) in [5, 5.41) is 10.3. The van der Waals surface area contributed by atoms with Crippen LogP contribution in [0.25, 0.3) is 22.2 Å². The molecule has 84 valence electrons. The van der Waals surface area contributed by atoms with Crippen LogP contribution in [0.2, 0.25) is 0 Å². The van der Waals surface area contributed by atoms with E-state index in [1.807, 2.05) is 24.3 Å². The first-order chi connectivity index (χ1) is 8.25. The normalized spacial score (nSPS) is 10.9. The maximum Gasteiger partial charge on any atom is 0.292 e. The largest absolute Gasteiger partial charge is 0.480 e. The topological polar surface area (TPSA) is 46.3 Å². The monoisotopic (exact) mass is 289 g/mol. The first-order valence-corrected chi connectivity index (χ1v) is 5.87. The predicted molar refractivity (Wildman–Crippen MR) is 68.8 cm³/mol. The van der Waals surface area contributed by atoms with Gasteiger partial charge >= 0.3 is 0 Å². The molecule has 0 saturated heterocycles. The third-order valence-corrected chi connectivity index (χ3v) is 3.03. The van der Waals surface area contributed by atoms with Gasteiger partial charge in [0, 0.05) is 16.2 Å². The lowest BCUT2D eigenvalue weighted by Crippen LogP contribution is -1.78. The van der Waals surface area contributed by atoms with Crippen LogP contribution in [-0.2, 0) is 0 Å². The fourth-order valence-corrected chi connectivity index (χ4v) is 2.18. The summed E-state index contributed by atoms with van der Waals surface area (Å²) in [6.45, 7) is 0. The number of aromatic hydroxyl groups is 1. The molecular weight excluding hydrogens is 282 g/mol. The van der Waals surface area contributed by atoms with Gasteiger partial charge in [-0.2, -0.15) is 0 Å². The number of nitrogens with zero attached hydrogens (tertiary/aromatic N) is 1. The number of fused-ring (bicyclic) bond motifs is 1. The molecule has 0 saturated carbocycles. The summed E-state index contributed by atoms with van der Waals surface area (Å²) in [5.41, 5.74) is 1.55. The van der Waals surface area contributed by atoms with Crippen LogP contribution >= 0.6 is 15.9 Å². The van der Waals surface area contributed by atoms with Gasteiger partial charge in [-0.3, -0.25) is 4.98 Å². The van der Waals surface area contributed by atoms with Crippen molar-refractivity contribution in [2.75, 3.05) is 0 Å². The molecule has 3 nitrogen and oxygen atoms in total. The molecule has 0 aliphatic heterocycles. The van der Waals surface area contributed by atoms with E-state index in [-0.39, 0.29) is 5.95 Å². The lowest BCUT2D eigenvalue weighted by molar-refractivity contribution is 0.343. The summed E-state index contributed by atoms with van der Waals surface area (Å²) >= 11 is 3.41. The summed E-state index contributed by atoms with van der Waals surface area (Å²) < 4.78 is 6.33. The van der Waals surface area contributed by atoms with Crippen LogP contribution in [0, 0.1) is 0 Å². The minimum Gasteiger partial charge on any atom is -0.480 e. The van der Waals surface area contributed by atoms with Crippen molar-refractivity contribution < 1.29 is 9.52 Å². The van der Waals surface area contributed by atoms with Crippen molar-refractivity contribution in [1.82, 2.24) is 4.98 Å². The minimum absolute atomic E-state index is 0.0944. The highest BCUT2D eigenvalue weighted by Crippen LogP contribution is 2.36. The van der Waals surface area contributed by atoms with Crippen molar-refractivity contribution in [3.63, 3.8) is 0 Å². The summed E-state index contributed by atoms with van der Waals surface area (Å²) in [6, 6.07) is 11.2. The van der Waals surface area contributed by atoms with Crippen LogP contribution < -0.4 is 0 Å². The molecule has 3 aromatic rings. The van der Waals surface area contributed by atoms with Crippen LogP contribution in [-0.4, -0.2) is 10.1 Å². The van der Waals surface area contributed by atoms with Crippen LogP contribution in [0.3, 0.4) is 0 Å². The number of pyridine rings is 1. The van der Waals surface area contributed by atoms with Gasteiger partial charge in [-0.05, 0) is 24.3 Å². The van der Waals surface area contributed by atoms with E-state index in [4.69, 9.17) is 4.42 Å². The van der Waals surface area contributed by atoms with Gasteiger partial charge in [0.1, 0.15) is 5.52 Å². The van der Waals surface area contributed by atoms with Crippen molar-refractivity contribution in [3.8, 4) is 17.3 Å². The number of furan rings is 1. The number of rotatable bonds is 1. The summed E-state index contributed by atoms with van der Waals surface area (Å²) in [7, 11) is 0. The van der Waals surface area contributed by atoms with E-state index < -0.39 is 0 Å². The Bertz CT molecular complexity index is 691. The van der Waals surface area contributed by atoms with Crippen LogP contribution in [0.4, 0.5) is 0 Å². The third kappa shape index (κ3) is 1.70. The smallest absolute Gasteiger partial charge is 0.292 e. The number of hydrogen-bond donors (Lipinski definition) is 1. The first kappa shape index (κ1) is 10.4. The molecule has 1 N–H and O–H groups in total. The van der Waals surface area contributed by atoms with Crippen molar-refractivity contribution in [2.24, 2.45) is 0 Å². The van der Waals surface area contributed by atoms with Gasteiger partial charge in [0.2, 0.25) is 0 Å². The Hall–Kier alpha value is -1.81. The lowest BCUT2D eigenvalue weighted by Gasteiger charge is -1.97. The van der Waals surface area contributed by atoms with E-state index >= 15 is 0 Å². The first-order valence-electron chi connectivity index (χ1n) is 5.08.